The Kier molecular flexibility index (Phi) is 16.4. The first-order valence-corrected chi connectivity index (χ1v) is 14.7. The smallest absolute Gasteiger partial charge is 0.405 e. The van der Waals surface area contributed by atoms with Gasteiger partial charge in [0.05, 0.1) is 23.6 Å². The fourth-order valence-corrected chi connectivity index (χ4v) is 5.18. The number of hydrogen-bond acceptors (Lipinski definition) is 10. The Hall–Kier alpha value is -3.29. The predicted molar refractivity (Wildman–Crippen MR) is 173 cm³/mol. The number of rotatable bonds is 7. The predicted octanol–water partition coefficient (Wildman–Crippen LogP) is 2.34. The van der Waals surface area contributed by atoms with E-state index in [1.165, 1.54) is 20.3 Å². The number of methoxy groups -OCH3 is 2. The summed E-state index contributed by atoms with van der Waals surface area (Å²) in [5, 5.41) is 17.0. The molecule has 0 aromatic carbocycles. The molecule has 1 unspecified atom stereocenters. The third kappa shape index (κ3) is 11.5. The summed E-state index contributed by atoms with van der Waals surface area (Å²) in [4.78, 5) is 53.7. The molecule has 6 atom stereocenters. The van der Waals surface area contributed by atoms with E-state index in [-0.39, 0.29) is 47.3 Å². The SMILES string of the molecule is CO[C@H]1/C=C\C=C(\C)C(=O)NC2=CC(=O)C(NCCN(C)C)=C(C[C@@H](C)C[C@H](OC)[C@H](O)[C@@H](C)C=C(C)C1OC(N)=O)C2=O.Cl. The molecule has 1 aliphatic carbocycles. The molecule has 2 amide bonds. The maximum absolute atomic E-state index is 13.7. The van der Waals surface area contributed by atoms with Gasteiger partial charge in [-0.1, -0.05) is 38.2 Å². The van der Waals surface area contributed by atoms with Gasteiger partial charge in [0, 0.05) is 50.4 Å². The van der Waals surface area contributed by atoms with E-state index in [9.17, 15) is 24.3 Å². The first-order valence-electron chi connectivity index (χ1n) is 14.7. The highest BCUT2D eigenvalue weighted by Crippen LogP contribution is 2.28. The number of primary amides is 1. The van der Waals surface area contributed by atoms with Crippen LogP contribution in [0.1, 0.15) is 40.5 Å². The summed E-state index contributed by atoms with van der Waals surface area (Å²) in [5.41, 5.74) is 6.55. The van der Waals surface area contributed by atoms with Crippen molar-refractivity contribution in [1.29, 1.82) is 0 Å². The number of carbonyl (C=O) groups is 4. The minimum absolute atomic E-state index is 0. The Morgan fingerprint density at radius 3 is 2.40 bits per heavy atom. The summed E-state index contributed by atoms with van der Waals surface area (Å²) in [6.45, 7) is 8.09. The molecule has 2 rings (SSSR count). The van der Waals surface area contributed by atoms with Crippen LogP contribution in [0.5, 0.6) is 0 Å². The highest BCUT2D eigenvalue weighted by atomic mass is 35.5. The van der Waals surface area contributed by atoms with Crippen LogP contribution in [-0.4, -0.2) is 99.4 Å². The van der Waals surface area contributed by atoms with Crippen LogP contribution < -0.4 is 16.4 Å². The number of nitrogens with two attached hydrogens (primary N) is 1. The lowest BCUT2D eigenvalue weighted by molar-refractivity contribution is -0.120. The van der Waals surface area contributed by atoms with Gasteiger partial charge in [0.25, 0.3) is 5.91 Å². The molecule has 0 aromatic rings. The summed E-state index contributed by atoms with van der Waals surface area (Å²) in [6.07, 6.45) is 3.88. The summed E-state index contributed by atoms with van der Waals surface area (Å²) < 4.78 is 16.6. The lowest BCUT2D eigenvalue weighted by atomic mass is 9.85. The third-order valence-electron chi connectivity index (χ3n) is 7.65. The van der Waals surface area contributed by atoms with Crippen LogP contribution in [0.4, 0.5) is 4.79 Å². The van der Waals surface area contributed by atoms with Gasteiger partial charge in [0.1, 0.15) is 6.10 Å². The maximum atomic E-state index is 13.7. The van der Waals surface area contributed by atoms with Crippen molar-refractivity contribution in [3.8, 4) is 0 Å². The number of halogens is 1. The van der Waals surface area contributed by atoms with Crippen molar-refractivity contribution in [3.63, 3.8) is 0 Å². The van der Waals surface area contributed by atoms with Crippen molar-refractivity contribution < 1.29 is 38.5 Å². The molecule has 0 aromatic heterocycles. The molecule has 0 saturated heterocycles. The van der Waals surface area contributed by atoms with Crippen LogP contribution in [0.2, 0.25) is 0 Å². The first kappa shape index (κ1) is 39.7. The number of Topliss-reactive ketones (excluding diaryl/α,β-unsaturated/α-hetero) is 1. The largest absolute Gasteiger partial charge is 0.439 e. The van der Waals surface area contributed by atoms with Crippen LogP contribution >= 0.6 is 12.4 Å². The summed E-state index contributed by atoms with van der Waals surface area (Å²) in [5.74, 6) is -2.06. The molecule has 12 nitrogen and oxygen atoms in total. The highest BCUT2D eigenvalue weighted by Gasteiger charge is 2.33. The van der Waals surface area contributed by atoms with Gasteiger partial charge < -0.3 is 40.6 Å². The van der Waals surface area contributed by atoms with Crippen molar-refractivity contribution in [1.82, 2.24) is 15.5 Å². The number of ketones is 2. The van der Waals surface area contributed by atoms with Gasteiger partial charge in [-0.3, -0.25) is 14.4 Å². The van der Waals surface area contributed by atoms with Crippen LogP contribution in [0.15, 0.2) is 58.5 Å². The van der Waals surface area contributed by atoms with Crippen molar-refractivity contribution in [2.75, 3.05) is 41.4 Å². The van der Waals surface area contributed by atoms with Gasteiger partial charge in [0.2, 0.25) is 11.6 Å². The zero-order valence-corrected chi connectivity index (χ0v) is 28.2. The topological polar surface area (TPSA) is 170 Å². The number of ether oxygens (including phenoxy) is 3. The molecular weight excluding hydrogens is 604 g/mol. The minimum atomic E-state index is -0.997. The van der Waals surface area contributed by atoms with E-state index in [1.807, 2.05) is 32.8 Å². The number of likely N-dealkylation sites (N-methyl/N-ethyl adjacent to an activating group) is 1. The number of nitrogens with one attached hydrogen (secondary N) is 2. The standard InChI is InChI=1S/C32H48N4O8.ClH/c1-18-14-22-27(34-12-13-36(5)6)24(37)17-23(29(22)39)35-31(40)19(2)10-9-11-25(42-7)30(44-32(33)41)21(4)16-20(3)28(38)26(15-18)43-8;/h9-11,16-18,20,25-26,28,30,34,38H,12-15H2,1-8H3,(H2,33,41)(H,35,40);1H/b11-9-,19-10-,21-16?;/t18-,20+,25+,26+,28-,30?;/m1./s1. The second-order valence-corrected chi connectivity index (χ2v) is 11.7. The molecule has 0 saturated carbocycles. The fraction of sp³-hybridized carbons (Fsp3) is 0.562. The molecule has 252 valence electrons. The molecule has 45 heavy (non-hydrogen) atoms. The molecule has 2 bridgehead atoms. The summed E-state index contributed by atoms with van der Waals surface area (Å²) in [6, 6.07) is 0. The van der Waals surface area contributed by atoms with E-state index in [0.29, 0.717) is 25.1 Å². The molecular formula is C32H49ClN4O8. The van der Waals surface area contributed by atoms with Gasteiger partial charge >= 0.3 is 6.09 Å². The normalized spacial score (nSPS) is 29.1. The molecule has 2 aliphatic rings. The lowest BCUT2D eigenvalue weighted by Gasteiger charge is -2.30. The van der Waals surface area contributed by atoms with Gasteiger partial charge in [0.15, 0.2) is 6.10 Å². The number of aliphatic hydroxyl groups excluding tert-OH is 1. The van der Waals surface area contributed by atoms with Crippen LogP contribution in [0, 0.1) is 11.8 Å². The molecule has 0 spiro atoms. The van der Waals surface area contributed by atoms with E-state index in [4.69, 9.17) is 19.9 Å². The van der Waals surface area contributed by atoms with E-state index < -0.39 is 53.9 Å². The monoisotopic (exact) mass is 652 g/mol. The molecule has 5 N–H and O–H groups in total. The summed E-state index contributed by atoms with van der Waals surface area (Å²) >= 11 is 0. The molecule has 1 heterocycles. The highest BCUT2D eigenvalue weighted by molar-refractivity contribution is 6.23. The number of amides is 2. The van der Waals surface area contributed by atoms with Crippen molar-refractivity contribution >= 4 is 36.0 Å². The van der Waals surface area contributed by atoms with E-state index in [1.54, 1.807) is 32.1 Å². The molecule has 0 fully saturated rings. The van der Waals surface area contributed by atoms with Crippen molar-refractivity contribution in [3.05, 3.63) is 58.5 Å². The molecule has 1 aliphatic heterocycles. The third-order valence-corrected chi connectivity index (χ3v) is 7.65. The Labute approximate surface area is 272 Å². The van der Waals surface area contributed by atoms with Crippen LogP contribution in [0.3, 0.4) is 0 Å². The van der Waals surface area contributed by atoms with Crippen molar-refractivity contribution in [2.24, 2.45) is 17.6 Å². The van der Waals surface area contributed by atoms with Gasteiger partial charge in [-0.05, 0) is 52.3 Å². The summed E-state index contributed by atoms with van der Waals surface area (Å²) in [7, 11) is 6.74. The Morgan fingerprint density at radius 2 is 1.82 bits per heavy atom. The van der Waals surface area contributed by atoms with Crippen molar-refractivity contribution in [2.45, 2.75) is 65.0 Å². The Morgan fingerprint density at radius 1 is 1.16 bits per heavy atom. The van der Waals surface area contributed by atoms with Gasteiger partial charge in [-0.25, -0.2) is 4.79 Å². The quantitative estimate of drug-likeness (QED) is 0.237. The number of fused-ring (bicyclic) bond motifs is 2. The number of aliphatic hydroxyl groups is 1. The zero-order chi connectivity index (χ0) is 33.1. The van der Waals surface area contributed by atoms with E-state index >= 15 is 0 Å². The van der Waals surface area contributed by atoms with E-state index in [0.717, 1.165) is 6.08 Å². The second-order valence-electron chi connectivity index (χ2n) is 11.7. The van der Waals surface area contributed by atoms with Crippen LogP contribution in [-0.2, 0) is 28.6 Å². The van der Waals surface area contributed by atoms with Gasteiger partial charge in [-0.2, -0.15) is 0 Å². The molecule has 13 heteroatoms. The van der Waals surface area contributed by atoms with Crippen LogP contribution in [0.25, 0.3) is 0 Å². The average molecular weight is 653 g/mol. The first-order chi connectivity index (χ1) is 20.7. The number of hydrogen-bond donors (Lipinski definition) is 4. The fourth-order valence-electron chi connectivity index (χ4n) is 5.18. The van der Waals surface area contributed by atoms with E-state index in [2.05, 4.69) is 10.6 Å². The Bertz CT molecular complexity index is 1240. The second kappa shape index (κ2) is 18.6. The molecule has 0 radical (unpaired) electrons. The zero-order valence-electron chi connectivity index (χ0n) is 27.4. The Balaban J connectivity index is 0.0000101. The number of nitrogens with zero attached hydrogens (tertiary/aromatic N) is 1. The minimum Gasteiger partial charge on any atom is -0.439 e. The lowest BCUT2D eigenvalue weighted by Crippen LogP contribution is -2.38. The number of allylic oxidation sites excluding steroid dienone is 4. The number of carbonyl (C=O) groups excluding carboxylic acids is 4. The van der Waals surface area contributed by atoms with Gasteiger partial charge in [-0.15, -0.1) is 12.4 Å². The maximum Gasteiger partial charge on any atom is 0.405 e. The average Bonchev–Trinajstić information content (AvgIpc) is 2.95.